The second-order valence-electron chi connectivity index (χ2n) is 5.47. The molecule has 1 N–H and O–H groups in total. The molecule has 3 heteroatoms. The first kappa shape index (κ1) is 14.4. The molecule has 0 amide bonds. The second kappa shape index (κ2) is 6.97. The van der Waals surface area contributed by atoms with Crippen LogP contribution in [-0.2, 0) is 0 Å². The molecule has 0 spiro atoms. The van der Waals surface area contributed by atoms with E-state index in [9.17, 15) is 0 Å². The van der Waals surface area contributed by atoms with Gasteiger partial charge in [0, 0.05) is 6.04 Å². The Hall–Kier alpha value is -1.51. The second-order valence-corrected chi connectivity index (χ2v) is 5.88. The summed E-state index contributed by atoms with van der Waals surface area (Å²) in [6.07, 6.45) is 3.73. The zero-order valence-corrected chi connectivity index (χ0v) is 12.8. The van der Waals surface area contributed by atoms with Crippen LogP contribution < -0.4 is 10.1 Å². The van der Waals surface area contributed by atoms with Crippen LogP contribution in [0.5, 0.6) is 5.75 Å². The number of piperidine rings is 1. The Balaban J connectivity index is 1.67. The molecule has 1 aliphatic rings. The normalized spacial score (nSPS) is 18.4. The summed E-state index contributed by atoms with van der Waals surface area (Å²) in [7, 11) is 0. The Kier molecular flexibility index (Phi) is 4.79. The van der Waals surface area contributed by atoms with Crippen LogP contribution in [0, 0.1) is 0 Å². The number of halogens is 1. The quantitative estimate of drug-likeness (QED) is 0.896. The third-order valence-corrected chi connectivity index (χ3v) is 4.19. The average molecular weight is 302 g/mol. The largest absolute Gasteiger partial charge is 0.490 e. The van der Waals surface area contributed by atoms with Crippen molar-refractivity contribution in [3.8, 4) is 16.9 Å². The summed E-state index contributed by atoms with van der Waals surface area (Å²) in [5, 5.41) is 4.15. The predicted octanol–water partition coefficient (Wildman–Crippen LogP) is 4.53. The Morgan fingerprint density at radius 1 is 1.05 bits per heavy atom. The molecule has 2 nitrogen and oxygen atoms in total. The number of hydrogen-bond acceptors (Lipinski definition) is 2. The fraction of sp³-hybridized carbons (Fsp3) is 0.333. The zero-order valence-electron chi connectivity index (χ0n) is 12.0. The van der Waals surface area contributed by atoms with Gasteiger partial charge in [-0.2, -0.15) is 0 Å². The van der Waals surface area contributed by atoms with Gasteiger partial charge in [-0.15, -0.1) is 0 Å². The molecule has 110 valence electrons. The molecule has 2 aromatic carbocycles. The molecule has 0 aromatic heterocycles. The first-order chi connectivity index (χ1) is 10.3. The minimum Gasteiger partial charge on any atom is -0.490 e. The smallest absolute Gasteiger partial charge is 0.138 e. The van der Waals surface area contributed by atoms with Crippen molar-refractivity contribution < 1.29 is 4.74 Å². The average Bonchev–Trinajstić information content (AvgIpc) is 2.55. The molecule has 0 aliphatic carbocycles. The van der Waals surface area contributed by atoms with Crippen LogP contribution in [0.25, 0.3) is 11.1 Å². The summed E-state index contributed by atoms with van der Waals surface area (Å²) >= 11 is 6.35. The molecule has 1 aliphatic heterocycles. The highest BCUT2D eigenvalue weighted by Crippen LogP contribution is 2.30. The van der Waals surface area contributed by atoms with E-state index >= 15 is 0 Å². The van der Waals surface area contributed by atoms with E-state index in [1.54, 1.807) is 0 Å². The molecule has 0 saturated carbocycles. The molecule has 0 bridgehead atoms. The number of nitrogens with one attached hydrogen (secondary N) is 1. The monoisotopic (exact) mass is 301 g/mol. The molecule has 1 atom stereocenters. The first-order valence-corrected chi connectivity index (χ1v) is 7.92. The Morgan fingerprint density at radius 3 is 2.62 bits per heavy atom. The highest BCUT2D eigenvalue weighted by molar-refractivity contribution is 6.32. The SMILES string of the molecule is Clc1cc(-c2ccccc2)ccc1OCC1CCCCN1. The van der Waals surface area contributed by atoms with E-state index in [1.807, 2.05) is 30.3 Å². The van der Waals surface area contributed by atoms with Crippen LogP contribution in [-0.4, -0.2) is 19.2 Å². The van der Waals surface area contributed by atoms with Gasteiger partial charge >= 0.3 is 0 Å². The summed E-state index contributed by atoms with van der Waals surface area (Å²) in [5.74, 6) is 0.767. The Morgan fingerprint density at radius 2 is 1.90 bits per heavy atom. The molecular formula is C18H20ClNO. The third kappa shape index (κ3) is 3.78. The van der Waals surface area contributed by atoms with Crippen molar-refractivity contribution in [2.45, 2.75) is 25.3 Å². The highest BCUT2D eigenvalue weighted by Gasteiger charge is 2.14. The van der Waals surface area contributed by atoms with E-state index in [4.69, 9.17) is 16.3 Å². The van der Waals surface area contributed by atoms with Crippen LogP contribution in [0.2, 0.25) is 5.02 Å². The van der Waals surface area contributed by atoms with Gasteiger partial charge in [0.05, 0.1) is 5.02 Å². The van der Waals surface area contributed by atoms with Crippen molar-refractivity contribution in [1.29, 1.82) is 0 Å². The van der Waals surface area contributed by atoms with E-state index in [0.29, 0.717) is 17.7 Å². The summed E-state index contributed by atoms with van der Waals surface area (Å²) in [4.78, 5) is 0. The van der Waals surface area contributed by atoms with Crippen molar-refractivity contribution >= 4 is 11.6 Å². The molecule has 0 radical (unpaired) electrons. The molecule has 1 heterocycles. The molecule has 21 heavy (non-hydrogen) atoms. The summed E-state index contributed by atoms with van der Waals surface area (Å²) in [5.41, 5.74) is 2.28. The first-order valence-electron chi connectivity index (χ1n) is 7.54. The van der Waals surface area contributed by atoms with E-state index in [1.165, 1.54) is 24.8 Å². The van der Waals surface area contributed by atoms with Crippen molar-refractivity contribution in [2.24, 2.45) is 0 Å². The van der Waals surface area contributed by atoms with E-state index in [-0.39, 0.29) is 0 Å². The zero-order chi connectivity index (χ0) is 14.5. The van der Waals surface area contributed by atoms with Crippen molar-refractivity contribution in [1.82, 2.24) is 5.32 Å². The maximum absolute atomic E-state index is 6.35. The highest BCUT2D eigenvalue weighted by atomic mass is 35.5. The Labute approximate surface area is 131 Å². The van der Waals surface area contributed by atoms with Crippen molar-refractivity contribution in [2.75, 3.05) is 13.2 Å². The van der Waals surface area contributed by atoms with Gasteiger partial charge in [0.1, 0.15) is 12.4 Å². The van der Waals surface area contributed by atoms with Crippen LogP contribution in [0.1, 0.15) is 19.3 Å². The molecular weight excluding hydrogens is 282 g/mol. The number of ether oxygens (including phenoxy) is 1. The fourth-order valence-corrected chi connectivity index (χ4v) is 2.92. The lowest BCUT2D eigenvalue weighted by Gasteiger charge is -2.23. The maximum Gasteiger partial charge on any atom is 0.138 e. The lowest BCUT2D eigenvalue weighted by Crippen LogP contribution is -2.38. The van der Waals surface area contributed by atoms with Gasteiger partial charge in [0.2, 0.25) is 0 Å². The standard InChI is InChI=1S/C18H20ClNO/c19-17-12-15(14-6-2-1-3-7-14)9-10-18(17)21-13-16-8-4-5-11-20-16/h1-3,6-7,9-10,12,16,20H,4-5,8,11,13H2. The van der Waals surface area contributed by atoms with Gasteiger partial charge < -0.3 is 10.1 Å². The van der Waals surface area contributed by atoms with E-state index in [2.05, 4.69) is 23.5 Å². The molecule has 2 aromatic rings. The van der Waals surface area contributed by atoms with Crippen LogP contribution >= 0.6 is 11.6 Å². The predicted molar refractivity (Wildman–Crippen MR) is 88.0 cm³/mol. The van der Waals surface area contributed by atoms with Gasteiger partial charge in [-0.3, -0.25) is 0 Å². The summed E-state index contributed by atoms with van der Waals surface area (Å²) in [6.45, 7) is 1.78. The summed E-state index contributed by atoms with van der Waals surface area (Å²) in [6, 6.07) is 16.7. The maximum atomic E-state index is 6.35. The minimum atomic E-state index is 0.448. The van der Waals surface area contributed by atoms with Gasteiger partial charge in [-0.05, 0) is 42.6 Å². The lowest BCUT2D eigenvalue weighted by atomic mass is 10.1. The van der Waals surface area contributed by atoms with Crippen LogP contribution in [0.4, 0.5) is 0 Å². The van der Waals surface area contributed by atoms with Gasteiger partial charge in [0.25, 0.3) is 0 Å². The fourth-order valence-electron chi connectivity index (χ4n) is 2.68. The number of benzene rings is 2. The van der Waals surface area contributed by atoms with Crippen molar-refractivity contribution in [3.05, 3.63) is 53.6 Å². The van der Waals surface area contributed by atoms with Crippen LogP contribution in [0.3, 0.4) is 0 Å². The minimum absolute atomic E-state index is 0.448. The lowest BCUT2D eigenvalue weighted by molar-refractivity contribution is 0.239. The van der Waals surface area contributed by atoms with Crippen molar-refractivity contribution in [3.63, 3.8) is 0 Å². The van der Waals surface area contributed by atoms with E-state index in [0.717, 1.165) is 17.9 Å². The number of hydrogen-bond donors (Lipinski definition) is 1. The van der Waals surface area contributed by atoms with Gasteiger partial charge in [0.15, 0.2) is 0 Å². The van der Waals surface area contributed by atoms with E-state index < -0.39 is 0 Å². The third-order valence-electron chi connectivity index (χ3n) is 3.89. The molecule has 1 fully saturated rings. The van der Waals surface area contributed by atoms with Gasteiger partial charge in [-0.1, -0.05) is 54.4 Å². The van der Waals surface area contributed by atoms with Gasteiger partial charge in [-0.25, -0.2) is 0 Å². The molecule has 3 rings (SSSR count). The molecule has 1 unspecified atom stereocenters. The van der Waals surface area contributed by atoms with Crippen LogP contribution in [0.15, 0.2) is 48.5 Å². The Bertz CT molecular complexity index is 579. The molecule has 1 saturated heterocycles. The summed E-state index contributed by atoms with van der Waals surface area (Å²) < 4.78 is 5.87. The topological polar surface area (TPSA) is 21.3 Å². The number of rotatable bonds is 4.